The summed E-state index contributed by atoms with van der Waals surface area (Å²) in [5.74, 6) is -0.540. The first-order valence-corrected chi connectivity index (χ1v) is 9.67. The van der Waals surface area contributed by atoms with Gasteiger partial charge in [-0.3, -0.25) is 9.59 Å². The number of para-hydroxylation sites is 1. The van der Waals surface area contributed by atoms with Gasteiger partial charge in [-0.05, 0) is 17.7 Å². The van der Waals surface area contributed by atoms with Crippen LogP contribution in [0, 0.1) is 0 Å². The average molecular weight is 428 g/mol. The Hall–Kier alpha value is -2.73. The van der Waals surface area contributed by atoms with Crippen molar-refractivity contribution in [1.29, 1.82) is 0 Å². The Morgan fingerprint density at radius 2 is 1.74 bits per heavy atom. The van der Waals surface area contributed by atoms with E-state index < -0.39 is 11.7 Å². The highest BCUT2D eigenvalue weighted by Crippen LogP contribution is 2.20. The molecule has 0 saturated heterocycles. The van der Waals surface area contributed by atoms with E-state index in [-0.39, 0.29) is 23.7 Å². The molecule has 0 spiro atoms. The van der Waals surface area contributed by atoms with Crippen molar-refractivity contribution < 1.29 is 14.0 Å². The molecule has 0 bridgehead atoms. The molecule has 0 radical (unpaired) electrons. The number of fused-ring (bicyclic) bond motifs is 1. The second-order valence-corrected chi connectivity index (χ2v) is 6.88. The van der Waals surface area contributed by atoms with E-state index in [0.29, 0.717) is 22.7 Å². The van der Waals surface area contributed by atoms with Gasteiger partial charge in [0.1, 0.15) is 11.1 Å². The summed E-state index contributed by atoms with van der Waals surface area (Å²) in [6, 6.07) is 17.3. The minimum absolute atomic E-state index is 0.00984. The van der Waals surface area contributed by atoms with Crippen LogP contribution in [-0.2, 0) is 4.79 Å². The second-order valence-electron chi connectivity index (χ2n) is 6.08. The zero-order valence-corrected chi connectivity index (χ0v) is 16.1. The van der Waals surface area contributed by atoms with Gasteiger partial charge in [-0.2, -0.15) is 0 Å². The van der Waals surface area contributed by atoms with Crippen molar-refractivity contribution in [3.8, 4) is 0 Å². The predicted molar refractivity (Wildman–Crippen MR) is 107 cm³/mol. The highest BCUT2D eigenvalue weighted by atomic mass is 79.9. The molecule has 2 aromatic carbocycles. The Kier molecular flexibility index (Phi) is 6.19. The summed E-state index contributed by atoms with van der Waals surface area (Å²) in [6.07, 6.45) is 0.275. The largest absolute Gasteiger partial charge is 0.422 e. The van der Waals surface area contributed by atoms with Crippen LogP contribution in [0.3, 0.4) is 0 Å². The van der Waals surface area contributed by atoms with Gasteiger partial charge in [0.2, 0.25) is 5.91 Å². The number of alkyl halides is 1. The van der Waals surface area contributed by atoms with Crippen molar-refractivity contribution in [2.45, 2.75) is 18.9 Å². The van der Waals surface area contributed by atoms with E-state index in [9.17, 15) is 14.4 Å². The number of carbonyl (C=O) groups excluding carboxylic acids is 2. The minimum Gasteiger partial charge on any atom is -0.422 e. The van der Waals surface area contributed by atoms with Crippen molar-refractivity contribution in [2.24, 2.45) is 0 Å². The highest BCUT2D eigenvalue weighted by Gasteiger charge is 2.22. The maximum absolute atomic E-state index is 12.8. The number of ketones is 1. The summed E-state index contributed by atoms with van der Waals surface area (Å²) in [6.45, 7) is 0. The molecule has 3 rings (SSSR count). The molecular weight excluding hydrogens is 410 g/mol. The zero-order chi connectivity index (χ0) is 19.2. The summed E-state index contributed by atoms with van der Waals surface area (Å²) in [5, 5.41) is 4.08. The summed E-state index contributed by atoms with van der Waals surface area (Å²) >= 11 is 3.23. The molecule has 1 atom stereocenters. The lowest BCUT2D eigenvalue weighted by molar-refractivity contribution is -0.121. The summed E-state index contributed by atoms with van der Waals surface area (Å²) in [4.78, 5) is 37.1. The van der Waals surface area contributed by atoms with E-state index in [2.05, 4.69) is 21.2 Å². The first-order valence-electron chi connectivity index (χ1n) is 8.55. The number of rotatable bonds is 7. The molecule has 138 valence electrons. The van der Waals surface area contributed by atoms with E-state index in [0.717, 1.165) is 5.56 Å². The van der Waals surface area contributed by atoms with Crippen LogP contribution in [0.1, 0.15) is 34.8 Å². The number of carbonyl (C=O) groups is 2. The monoisotopic (exact) mass is 427 g/mol. The van der Waals surface area contributed by atoms with Gasteiger partial charge < -0.3 is 9.73 Å². The Labute approximate surface area is 164 Å². The van der Waals surface area contributed by atoms with Crippen molar-refractivity contribution in [2.75, 3.05) is 5.33 Å². The molecule has 0 saturated carbocycles. The highest BCUT2D eigenvalue weighted by molar-refractivity contribution is 9.09. The average Bonchev–Trinajstić information content (AvgIpc) is 2.67. The molecule has 0 aliphatic rings. The molecule has 1 unspecified atom stereocenters. The third kappa shape index (κ3) is 4.71. The third-order valence-corrected chi connectivity index (χ3v) is 4.59. The van der Waals surface area contributed by atoms with E-state index in [1.54, 1.807) is 24.3 Å². The number of benzene rings is 2. The third-order valence-electron chi connectivity index (χ3n) is 4.19. The number of nitrogens with one attached hydrogen (secondary N) is 1. The Morgan fingerprint density at radius 3 is 2.48 bits per heavy atom. The molecule has 0 aliphatic heterocycles. The van der Waals surface area contributed by atoms with Gasteiger partial charge in [-0.25, -0.2) is 4.79 Å². The van der Waals surface area contributed by atoms with Crippen LogP contribution >= 0.6 is 15.9 Å². The Balaban J connectivity index is 1.89. The smallest absolute Gasteiger partial charge is 0.347 e. The molecule has 3 aromatic rings. The fourth-order valence-corrected chi connectivity index (χ4v) is 3.20. The van der Waals surface area contributed by atoms with Gasteiger partial charge in [-0.1, -0.05) is 64.5 Å². The van der Waals surface area contributed by atoms with Gasteiger partial charge in [0.15, 0.2) is 5.78 Å². The normalized spacial score (nSPS) is 11.9. The zero-order valence-electron chi connectivity index (χ0n) is 14.5. The van der Waals surface area contributed by atoms with Gasteiger partial charge in [0, 0.05) is 23.6 Å². The molecule has 1 amide bonds. The predicted octanol–water partition coefficient (Wildman–Crippen LogP) is 4.01. The number of hydrogen-bond acceptors (Lipinski definition) is 4. The first-order chi connectivity index (χ1) is 13.1. The minimum atomic E-state index is -0.669. The lowest BCUT2D eigenvalue weighted by Gasteiger charge is -2.18. The Morgan fingerprint density at radius 1 is 1.04 bits per heavy atom. The van der Waals surface area contributed by atoms with E-state index >= 15 is 0 Å². The number of Topliss-reactive ketones (excluding diaryl/α,β-unsaturated/α-hetero) is 1. The van der Waals surface area contributed by atoms with Crippen molar-refractivity contribution in [3.05, 3.63) is 82.2 Å². The van der Waals surface area contributed by atoms with E-state index in [1.807, 2.05) is 36.4 Å². The SMILES string of the molecule is O=C(CCBr)NC(CC(=O)c1cc2ccccc2oc1=O)c1ccccc1. The maximum Gasteiger partial charge on any atom is 0.347 e. The Bertz CT molecular complexity index is 1010. The standard InChI is InChI=1S/C21H18BrNO4/c22-11-10-20(25)23-17(14-6-2-1-3-7-14)13-18(24)16-12-15-8-4-5-9-19(15)27-21(16)26/h1-9,12,17H,10-11,13H2,(H,23,25). The number of amides is 1. The van der Waals surface area contributed by atoms with E-state index in [4.69, 9.17) is 4.42 Å². The molecule has 0 fully saturated rings. The molecule has 6 heteroatoms. The van der Waals surface area contributed by atoms with Crippen LogP contribution in [0.5, 0.6) is 0 Å². The summed E-state index contributed by atoms with van der Waals surface area (Å²) in [5.41, 5.74) is 0.560. The van der Waals surface area contributed by atoms with Crippen LogP contribution in [-0.4, -0.2) is 17.0 Å². The quantitative estimate of drug-likeness (QED) is 0.351. The molecule has 1 aromatic heterocycles. The van der Waals surface area contributed by atoms with Crippen molar-refractivity contribution >= 4 is 38.6 Å². The van der Waals surface area contributed by atoms with Gasteiger partial charge in [0.25, 0.3) is 0 Å². The summed E-state index contributed by atoms with van der Waals surface area (Å²) < 4.78 is 5.25. The van der Waals surface area contributed by atoms with E-state index in [1.165, 1.54) is 0 Å². The topological polar surface area (TPSA) is 76.4 Å². The van der Waals surface area contributed by atoms with Crippen LogP contribution < -0.4 is 10.9 Å². The molecular formula is C21H18BrNO4. The molecule has 1 N–H and O–H groups in total. The molecule has 1 heterocycles. The van der Waals surface area contributed by atoms with Crippen molar-refractivity contribution in [3.63, 3.8) is 0 Å². The lowest BCUT2D eigenvalue weighted by Crippen LogP contribution is -2.31. The van der Waals surface area contributed by atoms with Crippen LogP contribution in [0.25, 0.3) is 11.0 Å². The maximum atomic E-state index is 12.8. The molecule has 5 nitrogen and oxygen atoms in total. The van der Waals surface area contributed by atoms with Crippen LogP contribution in [0.4, 0.5) is 0 Å². The van der Waals surface area contributed by atoms with Crippen LogP contribution in [0.15, 0.2) is 69.9 Å². The second kappa shape index (κ2) is 8.77. The number of halogens is 1. The molecule has 0 aliphatic carbocycles. The van der Waals surface area contributed by atoms with Crippen LogP contribution in [0.2, 0.25) is 0 Å². The van der Waals surface area contributed by atoms with Gasteiger partial charge in [-0.15, -0.1) is 0 Å². The fraction of sp³-hybridized carbons (Fsp3) is 0.190. The molecule has 27 heavy (non-hydrogen) atoms. The fourth-order valence-electron chi connectivity index (χ4n) is 2.84. The van der Waals surface area contributed by atoms with Crippen molar-refractivity contribution in [1.82, 2.24) is 5.32 Å². The first kappa shape index (κ1) is 19.0. The summed E-state index contributed by atoms with van der Waals surface area (Å²) in [7, 11) is 0. The lowest BCUT2D eigenvalue weighted by atomic mass is 9.98. The van der Waals surface area contributed by atoms with Gasteiger partial charge >= 0.3 is 5.63 Å². The van der Waals surface area contributed by atoms with Gasteiger partial charge in [0.05, 0.1) is 6.04 Å². The number of hydrogen-bond donors (Lipinski definition) is 1.